The van der Waals surface area contributed by atoms with Gasteiger partial charge in [-0.2, -0.15) is 0 Å². The maximum Gasteiger partial charge on any atom is 0.237 e. The lowest BCUT2D eigenvalue weighted by Gasteiger charge is -2.23. The Morgan fingerprint density at radius 2 is 1.87 bits per heavy atom. The minimum Gasteiger partial charge on any atom is -0.495 e. The zero-order valence-electron chi connectivity index (χ0n) is 25.2. The van der Waals surface area contributed by atoms with Crippen molar-refractivity contribution in [2.24, 2.45) is 0 Å². The van der Waals surface area contributed by atoms with Crippen LogP contribution < -0.4 is 24.8 Å². The molecule has 3 heterocycles. The van der Waals surface area contributed by atoms with Gasteiger partial charge < -0.3 is 20.1 Å². The van der Waals surface area contributed by atoms with E-state index in [0.29, 0.717) is 39.3 Å². The highest BCUT2D eigenvalue weighted by Gasteiger charge is 2.22. The summed E-state index contributed by atoms with van der Waals surface area (Å²) >= 11 is 6.19. The molecule has 0 spiro atoms. The summed E-state index contributed by atoms with van der Waals surface area (Å²) < 4.78 is 56.1. The lowest BCUT2D eigenvalue weighted by Crippen LogP contribution is -2.38. The molecule has 5 aromatic rings. The van der Waals surface area contributed by atoms with E-state index in [0.717, 1.165) is 31.5 Å². The predicted octanol–water partition coefficient (Wildman–Crippen LogP) is 6.70. The van der Waals surface area contributed by atoms with Crippen LogP contribution in [0.25, 0.3) is 22.0 Å². The van der Waals surface area contributed by atoms with Crippen LogP contribution in [0.5, 0.6) is 17.4 Å². The summed E-state index contributed by atoms with van der Waals surface area (Å²) in [5.74, 6) is 0.202. The van der Waals surface area contributed by atoms with Crippen molar-refractivity contribution in [3.8, 4) is 28.6 Å². The highest BCUT2D eigenvalue weighted by atomic mass is 35.5. The number of benzene rings is 3. The lowest BCUT2D eigenvalue weighted by molar-refractivity contribution is 0.411. The van der Waals surface area contributed by atoms with Crippen LogP contribution in [0.3, 0.4) is 0 Å². The number of methoxy groups -OCH3 is 1. The number of para-hydroxylation sites is 1. The molecule has 1 fully saturated rings. The Kier molecular flexibility index (Phi) is 9.20. The lowest BCUT2D eigenvalue weighted by atomic mass is 10.0. The van der Waals surface area contributed by atoms with E-state index < -0.39 is 21.6 Å². The molecular weight excluding hydrogens is 631 g/mol. The van der Waals surface area contributed by atoms with Crippen LogP contribution in [0.1, 0.15) is 24.0 Å². The maximum absolute atomic E-state index is 15.3. The van der Waals surface area contributed by atoms with Crippen LogP contribution in [0.4, 0.5) is 16.0 Å². The van der Waals surface area contributed by atoms with Gasteiger partial charge in [-0.15, -0.1) is 0 Å². The first kappa shape index (κ1) is 31.5. The average molecular weight is 663 g/mol. The van der Waals surface area contributed by atoms with Gasteiger partial charge in [0, 0.05) is 41.3 Å². The van der Waals surface area contributed by atoms with Gasteiger partial charge in [0.25, 0.3) is 0 Å². The van der Waals surface area contributed by atoms with Crippen molar-refractivity contribution in [1.82, 2.24) is 20.3 Å². The molecule has 0 saturated carbocycles. The third kappa shape index (κ3) is 6.84. The van der Waals surface area contributed by atoms with Crippen molar-refractivity contribution < 1.29 is 22.3 Å². The molecular formula is C33H32ClFN6O4S. The SMILES string of the molecule is COc1c(Cl)cccc1CS(=O)(=O)Nc1c(F)ccc2c(Oc3ncccc3-c3ccnc(NC4CCCNC4)n3)c(C)ccc12. The van der Waals surface area contributed by atoms with E-state index in [-0.39, 0.29) is 28.4 Å². The molecule has 1 aliphatic rings. The number of aromatic nitrogens is 3. The normalized spacial score (nSPS) is 15.0. The molecule has 46 heavy (non-hydrogen) atoms. The molecule has 10 nitrogen and oxygen atoms in total. The standard InChI is InChI=1S/C33H32ClFN6O4S/c1-20-10-11-23-24(12-13-27(35)29(23)41-46(42,43)19-21-6-3-9-26(34)31(21)44-2)30(20)45-32-25(8-5-16-37-32)28-14-17-38-33(40-28)39-22-7-4-15-36-18-22/h3,5-6,8-14,16-17,22,36,41H,4,7,15,18-19H2,1-2H3,(H,38,39,40). The van der Waals surface area contributed by atoms with E-state index >= 15 is 4.39 Å². The molecule has 2 aromatic heterocycles. The third-order valence-corrected chi connectivity index (χ3v) is 9.19. The number of hydrogen-bond donors (Lipinski definition) is 3. The predicted molar refractivity (Wildman–Crippen MR) is 178 cm³/mol. The minimum atomic E-state index is -4.10. The quantitative estimate of drug-likeness (QED) is 0.150. The smallest absolute Gasteiger partial charge is 0.237 e. The van der Waals surface area contributed by atoms with Gasteiger partial charge in [-0.3, -0.25) is 4.72 Å². The highest BCUT2D eigenvalue weighted by Crippen LogP contribution is 2.40. The van der Waals surface area contributed by atoms with E-state index in [1.54, 1.807) is 60.9 Å². The Hall–Kier alpha value is -4.52. The number of aryl methyl sites for hydroxylation is 1. The topological polar surface area (TPSA) is 127 Å². The molecule has 0 radical (unpaired) electrons. The first-order chi connectivity index (χ1) is 22.2. The van der Waals surface area contributed by atoms with E-state index in [9.17, 15) is 8.42 Å². The number of pyridine rings is 1. The Morgan fingerprint density at radius 3 is 2.67 bits per heavy atom. The Labute approximate surface area is 271 Å². The van der Waals surface area contributed by atoms with Crippen LogP contribution in [0.15, 0.2) is 73.1 Å². The number of rotatable bonds is 10. The average Bonchev–Trinajstić information content (AvgIpc) is 3.04. The van der Waals surface area contributed by atoms with Gasteiger partial charge in [0.15, 0.2) is 0 Å². The Bertz CT molecular complexity index is 2010. The van der Waals surface area contributed by atoms with E-state index in [1.807, 2.05) is 13.0 Å². The number of anilines is 2. The van der Waals surface area contributed by atoms with Gasteiger partial charge in [0.1, 0.15) is 17.3 Å². The second kappa shape index (κ2) is 13.5. The Morgan fingerprint density at radius 1 is 1.02 bits per heavy atom. The van der Waals surface area contributed by atoms with Crippen molar-refractivity contribution in [2.75, 3.05) is 30.2 Å². The van der Waals surface area contributed by atoms with Crippen molar-refractivity contribution >= 4 is 44.0 Å². The number of nitrogens with one attached hydrogen (secondary N) is 3. The van der Waals surface area contributed by atoms with Crippen molar-refractivity contribution in [1.29, 1.82) is 0 Å². The molecule has 3 N–H and O–H groups in total. The maximum atomic E-state index is 15.3. The minimum absolute atomic E-state index is 0.201. The fourth-order valence-electron chi connectivity index (χ4n) is 5.49. The largest absolute Gasteiger partial charge is 0.495 e. The van der Waals surface area contributed by atoms with Gasteiger partial charge in [0.2, 0.25) is 21.9 Å². The van der Waals surface area contributed by atoms with Crippen LogP contribution in [-0.2, 0) is 15.8 Å². The van der Waals surface area contributed by atoms with Crippen LogP contribution in [0, 0.1) is 12.7 Å². The fourth-order valence-corrected chi connectivity index (χ4v) is 6.99. The molecule has 1 atom stereocenters. The summed E-state index contributed by atoms with van der Waals surface area (Å²) in [5.41, 5.74) is 2.11. The molecule has 3 aromatic carbocycles. The van der Waals surface area contributed by atoms with Crippen LogP contribution in [-0.4, -0.2) is 49.6 Å². The second-order valence-corrected chi connectivity index (χ2v) is 13.1. The fraction of sp³-hybridized carbons (Fsp3) is 0.242. The molecule has 0 aliphatic carbocycles. The number of ether oxygens (including phenoxy) is 2. The van der Waals surface area contributed by atoms with E-state index in [4.69, 9.17) is 26.1 Å². The zero-order chi connectivity index (χ0) is 32.3. The van der Waals surface area contributed by atoms with E-state index in [1.165, 1.54) is 13.2 Å². The third-order valence-electron chi connectivity index (χ3n) is 7.68. The van der Waals surface area contributed by atoms with Crippen molar-refractivity contribution in [3.63, 3.8) is 0 Å². The van der Waals surface area contributed by atoms with Crippen LogP contribution in [0.2, 0.25) is 5.02 Å². The Balaban J connectivity index is 1.33. The molecule has 1 saturated heterocycles. The monoisotopic (exact) mass is 662 g/mol. The summed E-state index contributed by atoms with van der Waals surface area (Å²) in [7, 11) is -2.69. The second-order valence-electron chi connectivity index (χ2n) is 10.9. The number of nitrogens with zero attached hydrogens (tertiary/aromatic N) is 3. The van der Waals surface area contributed by atoms with Gasteiger partial charge in [-0.05, 0) is 68.3 Å². The first-order valence-corrected chi connectivity index (χ1v) is 16.7. The highest BCUT2D eigenvalue weighted by molar-refractivity contribution is 7.92. The first-order valence-electron chi connectivity index (χ1n) is 14.7. The number of piperidine rings is 1. The molecule has 0 amide bonds. The van der Waals surface area contributed by atoms with Crippen LogP contribution >= 0.6 is 11.6 Å². The number of halogens is 2. The molecule has 238 valence electrons. The van der Waals surface area contributed by atoms with Gasteiger partial charge in [-0.1, -0.05) is 35.9 Å². The summed E-state index contributed by atoms with van der Waals surface area (Å²) in [6, 6.07) is 16.6. The van der Waals surface area contributed by atoms with Crippen molar-refractivity contribution in [3.05, 3.63) is 95.0 Å². The van der Waals surface area contributed by atoms with Gasteiger partial charge in [0.05, 0.1) is 34.8 Å². The molecule has 6 rings (SSSR count). The summed E-state index contributed by atoms with van der Waals surface area (Å²) in [6.45, 7) is 3.69. The summed E-state index contributed by atoms with van der Waals surface area (Å²) in [6.07, 6.45) is 5.39. The zero-order valence-corrected chi connectivity index (χ0v) is 26.8. The summed E-state index contributed by atoms with van der Waals surface area (Å²) in [4.78, 5) is 13.6. The van der Waals surface area contributed by atoms with Gasteiger partial charge >= 0.3 is 0 Å². The van der Waals surface area contributed by atoms with Crippen molar-refractivity contribution in [2.45, 2.75) is 31.6 Å². The molecule has 13 heteroatoms. The molecule has 1 aliphatic heterocycles. The summed E-state index contributed by atoms with van der Waals surface area (Å²) in [5, 5.41) is 7.85. The number of hydrogen-bond acceptors (Lipinski definition) is 9. The number of fused-ring (bicyclic) bond motifs is 1. The van der Waals surface area contributed by atoms with E-state index in [2.05, 4.69) is 25.3 Å². The molecule has 0 bridgehead atoms. The van der Waals surface area contributed by atoms with Gasteiger partial charge in [-0.25, -0.2) is 27.8 Å². The molecule has 1 unspecified atom stereocenters. The number of sulfonamides is 1.